The van der Waals surface area contributed by atoms with Gasteiger partial charge in [0.1, 0.15) is 24.2 Å². The number of nitrogens with zero attached hydrogens (tertiary/aromatic N) is 1. The summed E-state index contributed by atoms with van der Waals surface area (Å²) >= 11 is 1.45. The van der Waals surface area contributed by atoms with Gasteiger partial charge in [-0.05, 0) is 73.2 Å². The fourth-order valence-electron chi connectivity index (χ4n) is 4.72. The Morgan fingerprint density at radius 1 is 0.919 bits per heavy atom. The summed E-state index contributed by atoms with van der Waals surface area (Å²) < 4.78 is 5.97. The van der Waals surface area contributed by atoms with E-state index in [1.54, 1.807) is 18.2 Å². The molecular weight excluding hydrogens is 482 g/mol. The van der Waals surface area contributed by atoms with Crippen LogP contribution in [0.2, 0.25) is 0 Å². The summed E-state index contributed by atoms with van der Waals surface area (Å²) in [5.41, 5.74) is 5.03. The molecule has 0 radical (unpaired) electrons. The van der Waals surface area contributed by atoms with Crippen molar-refractivity contribution in [3.8, 4) is 5.75 Å². The highest BCUT2D eigenvalue weighted by Crippen LogP contribution is 2.44. The third kappa shape index (κ3) is 4.68. The van der Waals surface area contributed by atoms with Gasteiger partial charge in [0.2, 0.25) is 0 Å². The van der Waals surface area contributed by atoms with E-state index in [2.05, 4.69) is 0 Å². The van der Waals surface area contributed by atoms with E-state index in [9.17, 15) is 14.7 Å². The average Bonchev–Trinajstić information content (AvgIpc) is 3.51. The lowest BCUT2D eigenvalue weighted by molar-refractivity contribution is -0.132. The van der Waals surface area contributed by atoms with Gasteiger partial charge in [-0.3, -0.25) is 14.5 Å². The van der Waals surface area contributed by atoms with Gasteiger partial charge in [0.15, 0.2) is 0 Å². The Hall–Kier alpha value is -4.16. The van der Waals surface area contributed by atoms with Crippen LogP contribution in [-0.4, -0.2) is 16.8 Å². The first-order valence-corrected chi connectivity index (χ1v) is 12.9. The zero-order valence-electron chi connectivity index (χ0n) is 20.9. The maximum absolute atomic E-state index is 13.4. The normalized spacial score (nSPS) is 16.8. The highest BCUT2D eigenvalue weighted by atomic mass is 32.1. The predicted octanol–water partition coefficient (Wildman–Crippen LogP) is 6.88. The van der Waals surface area contributed by atoms with Gasteiger partial charge in [-0.15, -0.1) is 11.3 Å². The van der Waals surface area contributed by atoms with Crippen molar-refractivity contribution in [3.63, 3.8) is 0 Å². The molecule has 186 valence electrons. The summed E-state index contributed by atoms with van der Waals surface area (Å²) in [5.74, 6) is -0.850. The second kappa shape index (κ2) is 10.1. The number of ketones is 1. The quantitative estimate of drug-likeness (QED) is 0.175. The van der Waals surface area contributed by atoms with Gasteiger partial charge < -0.3 is 9.84 Å². The SMILES string of the molecule is Cc1ccc(N2C(=O)C(=O)/C(=C(\O)c3ccc(OCc4ccccc4)c(C)c3)C2c2cccs2)c(C)c1. The molecule has 0 saturated carbocycles. The molecule has 6 heteroatoms. The van der Waals surface area contributed by atoms with Crippen molar-refractivity contribution in [1.82, 2.24) is 0 Å². The molecule has 4 aromatic rings. The number of rotatable bonds is 6. The van der Waals surface area contributed by atoms with Crippen LogP contribution in [0, 0.1) is 20.8 Å². The van der Waals surface area contributed by atoms with Gasteiger partial charge >= 0.3 is 0 Å². The number of aliphatic hydroxyl groups excluding tert-OH is 1. The molecule has 1 aliphatic heterocycles. The van der Waals surface area contributed by atoms with Crippen LogP contribution < -0.4 is 9.64 Å². The van der Waals surface area contributed by atoms with Crippen LogP contribution in [0.1, 0.15) is 38.7 Å². The number of ether oxygens (including phenoxy) is 1. The average molecular weight is 510 g/mol. The molecular formula is C31H27NO4S. The largest absolute Gasteiger partial charge is 0.507 e. The molecule has 1 fully saturated rings. The fraction of sp³-hybridized carbons (Fsp3) is 0.161. The van der Waals surface area contributed by atoms with Crippen molar-refractivity contribution in [2.75, 3.05) is 4.90 Å². The van der Waals surface area contributed by atoms with Crippen LogP contribution in [0.3, 0.4) is 0 Å². The lowest BCUT2D eigenvalue weighted by atomic mass is 9.98. The molecule has 0 spiro atoms. The zero-order valence-corrected chi connectivity index (χ0v) is 21.7. The Balaban J connectivity index is 1.54. The number of aliphatic hydroxyl groups is 1. The maximum atomic E-state index is 13.4. The first-order chi connectivity index (χ1) is 17.8. The molecule has 0 aliphatic carbocycles. The van der Waals surface area contributed by atoms with E-state index >= 15 is 0 Å². The second-order valence-corrected chi connectivity index (χ2v) is 10.2. The van der Waals surface area contributed by atoms with Gasteiger partial charge in [-0.25, -0.2) is 0 Å². The number of thiophene rings is 1. The van der Waals surface area contributed by atoms with Gasteiger partial charge in [-0.1, -0.05) is 54.1 Å². The maximum Gasteiger partial charge on any atom is 0.300 e. The summed E-state index contributed by atoms with van der Waals surface area (Å²) in [6.07, 6.45) is 0. The number of Topliss-reactive ketones (excluding diaryl/α,β-unsaturated/α-hetero) is 1. The number of anilines is 1. The molecule has 3 aromatic carbocycles. The minimum absolute atomic E-state index is 0.0878. The van der Waals surface area contributed by atoms with E-state index in [-0.39, 0.29) is 11.3 Å². The monoisotopic (exact) mass is 509 g/mol. The van der Waals surface area contributed by atoms with Gasteiger partial charge in [0.05, 0.1) is 5.57 Å². The van der Waals surface area contributed by atoms with Crippen molar-refractivity contribution in [2.45, 2.75) is 33.4 Å². The number of carbonyl (C=O) groups excluding carboxylic acids is 2. The van der Waals surface area contributed by atoms with Gasteiger partial charge in [0.25, 0.3) is 11.7 Å². The highest BCUT2D eigenvalue weighted by Gasteiger charge is 2.47. The lowest BCUT2D eigenvalue weighted by Crippen LogP contribution is -2.29. The van der Waals surface area contributed by atoms with E-state index in [4.69, 9.17) is 4.74 Å². The number of benzene rings is 3. The third-order valence-electron chi connectivity index (χ3n) is 6.55. The Labute approximate surface area is 220 Å². The van der Waals surface area contributed by atoms with Crippen LogP contribution in [0.5, 0.6) is 5.75 Å². The minimum Gasteiger partial charge on any atom is -0.507 e. The van der Waals surface area contributed by atoms with Crippen molar-refractivity contribution < 1.29 is 19.4 Å². The first-order valence-electron chi connectivity index (χ1n) is 12.0. The highest BCUT2D eigenvalue weighted by molar-refractivity contribution is 7.10. The molecule has 1 atom stereocenters. The number of hydrogen-bond acceptors (Lipinski definition) is 5. The molecule has 1 amide bonds. The van der Waals surface area contributed by atoms with E-state index < -0.39 is 17.7 Å². The van der Waals surface area contributed by atoms with Gasteiger partial charge in [0, 0.05) is 16.1 Å². The second-order valence-electron chi connectivity index (χ2n) is 9.23. The van der Waals surface area contributed by atoms with E-state index in [0.717, 1.165) is 27.1 Å². The molecule has 2 heterocycles. The van der Waals surface area contributed by atoms with E-state index in [0.29, 0.717) is 23.6 Å². The summed E-state index contributed by atoms with van der Waals surface area (Å²) in [5, 5.41) is 13.3. The van der Waals surface area contributed by atoms with Crippen LogP contribution >= 0.6 is 11.3 Å². The summed E-state index contributed by atoms with van der Waals surface area (Å²) in [4.78, 5) is 29.0. The molecule has 1 N–H and O–H groups in total. The van der Waals surface area contributed by atoms with Crippen LogP contribution in [-0.2, 0) is 16.2 Å². The molecule has 1 aliphatic rings. The van der Waals surface area contributed by atoms with E-state index in [1.807, 2.05) is 86.8 Å². The number of amides is 1. The fourth-order valence-corrected chi connectivity index (χ4v) is 5.55. The standard InChI is InChI=1S/C31H27NO4S/c1-19-11-13-24(20(2)16-19)32-28(26-10-7-15-37-26)27(30(34)31(32)35)29(33)23-12-14-25(21(3)17-23)36-18-22-8-5-4-6-9-22/h4-17,28,33H,18H2,1-3H3/b29-27-. The van der Waals surface area contributed by atoms with Crippen molar-refractivity contribution >= 4 is 34.5 Å². The van der Waals surface area contributed by atoms with Crippen molar-refractivity contribution in [2.24, 2.45) is 0 Å². The zero-order chi connectivity index (χ0) is 26.1. The summed E-state index contributed by atoms with van der Waals surface area (Å²) in [6, 6.07) is 24.0. The molecule has 0 bridgehead atoms. The lowest BCUT2D eigenvalue weighted by Gasteiger charge is -2.26. The summed E-state index contributed by atoms with van der Waals surface area (Å²) in [6.45, 7) is 6.22. The number of hydrogen-bond donors (Lipinski definition) is 1. The molecule has 37 heavy (non-hydrogen) atoms. The van der Waals surface area contributed by atoms with Crippen LogP contribution in [0.15, 0.2) is 89.8 Å². The minimum atomic E-state index is -0.712. The van der Waals surface area contributed by atoms with Crippen LogP contribution in [0.25, 0.3) is 5.76 Å². The summed E-state index contributed by atoms with van der Waals surface area (Å²) in [7, 11) is 0. The molecule has 5 nitrogen and oxygen atoms in total. The molecule has 1 unspecified atom stereocenters. The van der Waals surface area contributed by atoms with Crippen molar-refractivity contribution in [1.29, 1.82) is 0 Å². The molecule has 5 rings (SSSR count). The van der Waals surface area contributed by atoms with Gasteiger partial charge in [-0.2, -0.15) is 0 Å². The van der Waals surface area contributed by atoms with Crippen LogP contribution in [0.4, 0.5) is 5.69 Å². The third-order valence-corrected chi connectivity index (χ3v) is 7.48. The molecule has 1 saturated heterocycles. The number of aryl methyl sites for hydroxylation is 3. The topological polar surface area (TPSA) is 66.8 Å². The first kappa shape index (κ1) is 24.5. The molecule has 1 aromatic heterocycles. The Bertz CT molecular complexity index is 1510. The van der Waals surface area contributed by atoms with Crippen molar-refractivity contribution in [3.05, 3.63) is 123 Å². The van der Waals surface area contributed by atoms with E-state index in [1.165, 1.54) is 16.2 Å². The Morgan fingerprint density at radius 3 is 2.38 bits per heavy atom. The Kier molecular flexibility index (Phi) is 6.68. The number of carbonyl (C=O) groups is 2. The predicted molar refractivity (Wildman–Crippen MR) is 147 cm³/mol. The smallest absolute Gasteiger partial charge is 0.300 e. The Morgan fingerprint density at radius 2 is 1.70 bits per heavy atom.